The highest BCUT2D eigenvalue weighted by Gasteiger charge is 2.23. The first-order valence-corrected chi connectivity index (χ1v) is 15.6. The van der Waals surface area contributed by atoms with Crippen LogP contribution in [0.4, 0.5) is 0 Å². The van der Waals surface area contributed by atoms with Gasteiger partial charge >= 0.3 is 0 Å². The predicted molar refractivity (Wildman–Crippen MR) is 157 cm³/mol. The molecular formula is C34H53NO2. The number of nitrogens with zero attached hydrogens (tertiary/aromatic N) is 1. The number of rotatable bonds is 19. The highest BCUT2D eigenvalue weighted by Crippen LogP contribution is 2.28. The van der Waals surface area contributed by atoms with Crippen LogP contribution >= 0.6 is 0 Å². The summed E-state index contributed by atoms with van der Waals surface area (Å²) in [5, 5.41) is 0. The van der Waals surface area contributed by atoms with Gasteiger partial charge in [-0.2, -0.15) is 0 Å². The van der Waals surface area contributed by atoms with Crippen LogP contribution in [0, 0.1) is 5.92 Å². The molecule has 0 N–H and O–H groups in total. The first-order valence-electron chi connectivity index (χ1n) is 15.6. The lowest BCUT2D eigenvalue weighted by Crippen LogP contribution is -2.27. The van der Waals surface area contributed by atoms with Gasteiger partial charge < -0.3 is 9.47 Å². The lowest BCUT2D eigenvalue weighted by Gasteiger charge is -2.29. The fraction of sp³-hybridized carbons (Fsp3) is 0.676. The van der Waals surface area contributed by atoms with E-state index in [-0.39, 0.29) is 6.29 Å². The Labute approximate surface area is 227 Å². The summed E-state index contributed by atoms with van der Waals surface area (Å²) in [7, 11) is 0. The molecule has 1 fully saturated rings. The van der Waals surface area contributed by atoms with Gasteiger partial charge in [-0.05, 0) is 30.9 Å². The molecule has 0 saturated carbocycles. The second kappa shape index (κ2) is 18.5. The summed E-state index contributed by atoms with van der Waals surface area (Å²) < 4.78 is 12.2. The van der Waals surface area contributed by atoms with Crippen LogP contribution in [0.15, 0.2) is 42.6 Å². The Morgan fingerprint density at radius 1 is 0.649 bits per heavy atom. The number of hydrogen-bond acceptors (Lipinski definition) is 3. The zero-order valence-corrected chi connectivity index (χ0v) is 23.9. The number of pyridine rings is 1. The van der Waals surface area contributed by atoms with E-state index in [1.165, 1.54) is 120 Å². The molecule has 3 nitrogen and oxygen atoms in total. The average molecular weight is 508 g/mol. The minimum Gasteiger partial charge on any atom is -0.348 e. The molecule has 0 atom stereocenters. The van der Waals surface area contributed by atoms with Crippen LogP contribution in [0.3, 0.4) is 0 Å². The molecule has 1 aliphatic heterocycles. The monoisotopic (exact) mass is 507 g/mol. The molecule has 37 heavy (non-hydrogen) atoms. The number of aryl methyl sites for hydroxylation is 1. The number of benzene rings is 1. The summed E-state index contributed by atoms with van der Waals surface area (Å²) in [5.74, 6) is 0.530. The minimum atomic E-state index is -0.277. The van der Waals surface area contributed by atoms with Crippen molar-refractivity contribution in [3.05, 3.63) is 53.7 Å². The molecule has 0 spiro atoms. The highest BCUT2D eigenvalue weighted by atomic mass is 16.7. The molecule has 0 aliphatic carbocycles. The van der Waals surface area contributed by atoms with Gasteiger partial charge in [0.05, 0.1) is 18.9 Å². The topological polar surface area (TPSA) is 31.4 Å². The van der Waals surface area contributed by atoms with E-state index in [4.69, 9.17) is 14.5 Å². The van der Waals surface area contributed by atoms with E-state index in [1.807, 2.05) is 6.20 Å². The van der Waals surface area contributed by atoms with Gasteiger partial charge in [-0.1, -0.05) is 134 Å². The molecule has 206 valence electrons. The van der Waals surface area contributed by atoms with E-state index in [0.717, 1.165) is 24.5 Å². The second-order valence-corrected chi connectivity index (χ2v) is 11.2. The molecule has 3 heteroatoms. The van der Waals surface area contributed by atoms with E-state index in [0.29, 0.717) is 5.92 Å². The Kier molecular flexibility index (Phi) is 14.9. The van der Waals surface area contributed by atoms with Gasteiger partial charge in [0.25, 0.3) is 0 Å². The standard InChI is InChI=1S/C34H53NO2/c1-3-5-7-9-10-11-12-13-15-17-19-30-27-36-34(37-28-30)32-24-25-33(35-26-32)31-22-20-29(21-23-31)18-16-14-8-6-4-2/h20-26,30,34H,3-19,27-28H2,1-2H3. The van der Waals surface area contributed by atoms with Crippen LogP contribution in [-0.2, 0) is 15.9 Å². The molecule has 0 bridgehead atoms. The molecule has 3 rings (SSSR count). The van der Waals surface area contributed by atoms with E-state index >= 15 is 0 Å². The van der Waals surface area contributed by atoms with Gasteiger partial charge in [0.15, 0.2) is 6.29 Å². The Balaban J connectivity index is 1.29. The minimum absolute atomic E-state index is 0.277. The Hall–Kier alpha value is -1.71. The maximum Gasteiger partial charge on any atom is 0.185 e. The SMILES string of the molecule is CCCCCCCCCCCCC1COC(c2ccc(-c3ccc(CCCCCCC)cc3)nc2)OC1. The third kappa shape index (κ3) is 11.7. The van der Waals surface area contributed by atoms with Crippen molar-refractivity contribution in [2.45, 2.75) is 129 Å². The van der Waals surface area contributed by atoms with Gasteiger partial charge in [0.1, 0.15) is 0 Å². The molecule has 2 heterocycles. The lowest BCUT2D eigenvalue weighted by atomic mass is 10.0. The molecule has 1 aromatic heterocycles. The van der Waals surface area contributed by atoms with Crippen LogP contribution in [0.2, 0.25) is 0 Å². The van der Waals surface area contributed by atoms with Crippen molar-refractivity contribution >= 4 is 0 Å². The summed E-state index contributed by atoms with van der Waals surface area (Å²) in [5.41, 5.74) is 4.62. The predicted octanol–water partition coefficient (Wildman–Crippen LogP) is 10.2. The largest absolute Gasteiger partial charge is 0.348 e. The van der Waals surface area contributed by atoms with E-state index in [1.54, 1.807) is 0 Å². The fourth-order valence-corrected chi connectivity index (χ4v) is 5.31. The summed E-state index contributed by atoms with van der Waals surface area (Å²) in [6, 6.07) is 13.1. The van der Waals surface area contributed by atoms with Gasteiger partial charge in [-0.25, -0.2) is 0 Å². The number of unbranched alkanes of at least 4 members (excludes halogenated alkanes) is 13. The van der Waals surface area contributed by atoms with Crippen LogP contribution in [-0.4, -0.2) is 18.2 Å². The van der Waals surface area contributed by atoms with Crippen molar-refractivity contribution < 1.29 is 9.47 Å². The van der Waals surface area contributed by atoms with E-state index in [2.05, 4.69) is 50.2 Å². The normalized spacial score (nSPS) is 17.8. The average Bonchev–Trinajstić information content (AvgIpc) is 2.95. The Bertz CT molecular complexity index is 809. The first kappa shape index (κ1) is 29.8. The Morgan fingerprint density at radius 2 is 1.22 bits per heavy atom. The molecule has 2 aromatic rings. The summed E-state index contributed by atoms with van der Waals surface area (Å²) >= 11 is 0. The van der Waals surface area contributed by atoms with E-state index in [9.17, 15) is 0 Å². The van der Waals surface area contributed by atoms with Crippen LogP contribution in [0.1, 0.15) is 134 Å². The maximum atomic E-state index is 6.08. The highest BCUT2D eigenvalue weighted by molar-refractivity contribution is 5.59. The molecular weight excluding hydrogens is 454 g/mol. The molecule has 0 radical (unpaired) electrons. The molecule has 1 aromatic carbocycles. The summed E-state index contributed by atoms with van der Waals surface area (Å²) in [4.78, 5) is 4.71. The van der Waals surface area contributed by atoms with Crippen molar-refractivity contribution in [1.29, 1.82) is 0 Å². The maximum absolute atomic E-state index is 6.08. The van der Waals surface area contributed by atoms with Crippen LogP contribution in [0.25, 0.3) is 11.3 Å². The quantitative estimate of drug-likeness (QED) is 0.177. The van der Waals surface area contributed by atoms with Crippen molar-refractivity contribution in [2.24, 2.45) is 5.92 Å². The fourth-order valence-electron chi connectivity index (χ4n) is 5.31. The zero-order chi connectivity index (χ0) is 26.0. The summed E-state index contributed by atoms with van der Waals surface area (Å²) in [6.07, 6.45) is 24.5. The number of hydrogen-bond donors (Lipinski definition) is 0. The van der Waals surface area contributed by atoms with Crippen molar-refractivity contribution in [3.8, 4) is 11.3 Å². The molecule has 0 amide bonds. The van der Waals surface area contributed by atoms with E-state index < -0.39 is 0 Å². The van der Waals surface area contributed by atoms with Gasteiger partial charge in [0.2, 0.25) is 0 Å². The van der Waals surface area contributed by atoms with Crippen molar-refractivity contribution in [1.82, 2.24) is 4.98 Å². The second-order valence-electron chi connectivity index (χ2n) is 11.2. The van der Waals surface area contributed by atoms with Crippen LogP contribution in [0.5, 0.6) is 0 Å². The third-order valence-corrected chi connectivity index (χ3v) is 7.81. The van der Waals surface area contributed by atoms with Crippen LogP contribution < -0.4 is 0 Å². The third-order valence-electron chi connectivity index (χ3n) is 7.81. The number of ether oxygens (including phenoxy) is 2. The number of aromatic nitrogens is 1. The smallest absolute Gasteiger partial charge is 0.185 e. The zero-order valence-electron chi connectivity index (χ0n) is 23.9. The van der Waals surface area contributed by atoms with Gasteiger partial charge in [-0.15, -0.1) is 0 Å². The van der Waals surface area contributed by atoms with Gasteiger partial charge in [-0.3, -0.25) is 4.98 Å². The molecule has 1 saturated heterocycles. The molecule has 1 aliphatic rings. The van der Waals surface area contributed by atoms with Crippen molar-refractivity contribution in [2.75, 3.05) is 13.2 Å². The van der Waals surface area contributed by atoms with Gasteiger partial charge in [0, 0.05) is 23.2 Å². The lowest BCUT2D eigenvalue weighted by molar-refractivity contribution is -0.206. The first-order chi connectivity index (χ1) is 18.3. The Morgan fingerprint density at radius 3 is 1.78 bits per heavy atom. The van der Waals surface area contributed by atoms with Crippen molar-refractivity contribution in [3.63, 3.8) is 0 Å². The summed E-state index contributed by atoms with van der Waals surface area (Å²) in [6.45, 7) is 6.14. The molecule has 0 unspecified atom stereocenters.